The molecule has 2 aliphatic heterocycles. The van der Waals surface area contributed by atoms with Crippen LogP contribution in [0.5, 0.6) is 0 Å². The molecule has 1 aromatic carbocycles. The minimum absolute atomic E-state index is 0.0423. The minimum atomic E-state index is -2.30. The number of esters is 1. The van der Waals surface area contributed by atoms with E-state index in [0.717, 1.165) is 5.56 Å². The highest BCUT2D eigenvalue weighted by Gasteiger charge is 2.88. The SMILES string of the molecule is C=C1C(=O)[C@]23[C@H](OC(=O)C4CCC(CC(=O)c5ccc(C)cc5)CC4)[C@H]1CC[C@H]2[C@@]12CO[C@@]3(O)[C@@H](O)[C@@H]1C(C)(C)CCC2=O. The van der Waals surface area contributed by atoms with Gasteiger partial charge in [-0.1, -0.05) is 50.3 Å². The first-order valence-electron chi connectivity index (χ1n) is 16.4. The van der Waals surface area contributed by atoms with Gasteiger partial charge < -0.3 is 19.7 Å². The third-order valence-corrected chi connectivity index (χ3v) is 12.9. The number of ketones is 3. The van der Waals surface area contributed by atoms with Crippen molar-refractivity contribution in [2.24, 2.45) is 45.8 Å². The summed E-state index contributed by atoms with van der Waals surface area (Å²) < 4.78 is 12.4. The summed E-state index contributed by atoms with van der Waals surface area (Å²) in [5.74, 6) is -5.06. The number of aryl methyl sites for hydroxylation is 1. The van der Waals surface area contributed by atoms with Crippen molar-refractivity contribution in [1.29, 1.82) is 0 Å². The van der Waals surface area contributed by atoms with Crippen molar-refractivity contribution in [3.8, 4) is 0 Å². The van der Waals surface area contributed by atoms with Crippen molar-refractivity contribution in [3.63, 3.8) is 0 Å². The molecule has 5 aliphatic carbocycles. The monoisotopic (exact) mass is 604 g/mol. The van der Waals surface area contributed by atoms with Gasteiger partial charge in [0, 0.05) is 30.2 Å². The van der Waals surface area contributed by atoms with Crippen LogP contribution >= 0.6 is 0 Å². The van der Waals surface area contributed by atoms with Crippen molar-refractivity contribution >= 4 is 23.3 Å². The first-order valence-corrected chi connectivity index (χ1v) is 16.4. The van der Waals surface area contributed by atoms with Gasteiger partial charge in [0.2, 0.25) is 5.79 Å². The lowest BCUT2D eigenvalue weighted by Gasteiger charge is -2.73. The third kappa shape index (κ3) is 3.74. The molecule has 0 radical (unpaired) electrons. The average Bonchev–Trinajstić information content (AvgIpc) is 3.10. The van der Waals surface area contributed by atoms with Crippen molar-refractivity contribution in [2.45, 2.75) is 96.6 Å². The molecule has 0 amide bonds. The van der Waals surface area contributed by atoms with E-state index in [1.165, 1.54) is 0 Å². The summed E-state index contributed by atoms with van der Waals surface area (Å²) in [6.45, 7) is 10.0. The summed E-state index contributed by atoms with van der Waals surface area (Å²) in [6.07, 6.45) is 2.31. The molecule has 5 saturated carbocycles. The van der Waals surface area contributed by atoms with E-state index in [1.807, 2.05) is 45.0 Å². The lowest BCUT2D eigenvalue weighted by Crippen LogP contribution is -2.85. The molecule has 8 heteroatoms. The predicted octanol–water partition coefficient (Wildman–Crippen LogP) is 4.52. The fourth-order valence-corrected chi connectivity index (χ4v) is 10.7. The Hall–Kier alpha value is -2.68. The lowest BCUT2D eigenvalue weighted by atomic mass is 9.36. The Balaban J connectivity index is 1.14. The Bertz CT molecular complexity index is 1440. The second-order valence-electron chi connectivity index (χ2n) is 15.4. The molecule has 236 valence electrons. The molecule has 7 fully saturated rings. The molecule has 0 aromatic heterocycles. The molecule has 8 nitrogen and oxygen atoms in total. The first-order chi connectivity index (χ1) is 20.8. The zero-order valence-corrected chi connectivity index (χ0v) is 26.0. The molecular weight excluding hydrogens is 560 g/mol. The molecule has 2 spiro atoms. The van der Waals surface area contributed by atoms with E-state index >= 15 is 0 Å². The molecule has 2 saturated heterocycles. The molecule has 2 heterocycles. The molecule has 1 aromatic rings. The standard InChI is InChI=1S/C36H44O8/c1-19-5-9-22(10-6-19)25(37)17-21-7-11-23(12-8-21)32(41)44-31-24-13-14-26-34-18-43-36(42,35(26,31)29(39)20(24)2)30(40)28(34)33(3,4)16-15-27(34)38/h5-6,9-10,21,23-24,26,28,30-31,40,42H,2,7-8,11-18H2,1,3-4H3/t21?,23?,24-,26-,28+,30-,31+,34+,35-,36-/m0/s1. The van der Waals surface area contributed by atoms with Gasteiger partial charge in [-0.3, -0.25) is 19.2 Å². The van der Waals surface area contributed by atoms with Gasteiger partial charge in [0.05, 0.1) is 17.9 Å². The maximum absolute atomic E-state index is 14.3. The predicted molar refractivity (Wildman–Crippen MR) is 159 cm³/mol. The molecule has 8 atom stereocenters. The van der Waals surface area contributed by atoms with E-state index < -0.39 is 69.7 Å². The van der Waals surface area contributed by atoms with Crippen LogP contribution < -0.4 is 0 Å². The van der Waals surface area contributed by atoms with Crippen LogP contribution in [0.4, 0.5) is 0 Å². The van der Waals surface area contributed by atoms with E-state index in [-0.39, 0.29) is 29.7 Å². The minimum Gasteiger partial charge on any atom is -0.460 e. The Morgan fingerprint density at radius 1 is 1.05 bits per heavy atom. The molecule has 4 bridgehead atoms. The number of hydrogen-bond acceptors (Lipinski definition) is 8. The highest BCUT2D eigenvalue weighted by Crippen LogP contribution is 2.76. The Morgan fingerprint density at radius 3 is 2.41 bits per heavy atom. The summed E-state index contributed by atoms with van der Waals surface area (Å²) >= 11 is 0. The number of fused-ring (bicyclic) bond motifs is 2. The van der Waals surface area contributed by atoms with Crippen LogP contribution in [-0.4, -0.2) is 58.1 Å². The number of carbonyl (C=O) groups excluding carboxylic acids is 4. The fraction of sp³-hybridized carbons (Fsp3) is 0.667. The zero-order chi connectivity index (χ0) is 31.4. The van der Waals surface area contributed by atoms with Crippen LogP contribution in [0, 0.1) is 52.8 Å². The van der Waals surface area contributed by atoms with Crippen LogP contribution in [0.15, 0.2) is 36.4 Å². The molecule has 44 heavy (non-hydrogen) atoms. The lowest BCUT2D eigenvalue weighted by molar-refractivity contribution is -0.437. The van der Waals surface area contributed by atoms with Crippen LogP contribution in [0.3, 0.4) is 0 Å². The summed E-state index contributed by atoms with van der Waals surface area (Å²) in [5, 5.41) is 24.2. The maximum Gasteiger partial charge on any atom is 0.309 e. The summed E-state index contributed by atoms with van der Waals surface area (Å²) in [4.78, 5) is 54.9. The van der Waals surface area contributed by atoms with Gasteiger partial charge in [0.15, 0.2) is 11.6 Å². The van der Waals surface area contributed by atoms with E-state index in [9.17, 15) is 29.4 Å². The number of hydrogen-bond donors (Lipinski definition) is 2. The number of ether oxygens (including phenoxy) is 2. The number of aliphatic hydroxyl groups excluding tert-OH is 1. The number of Topliss-reactive ketones (excluding diaryl/α,β-unsaturated/α-hetero) is 3. The van der Waals surface area contributed by atoms with Gasteiger partial charge in [0.1, 0.15) is 23.4 Å². The van der Waals surface area contributed by atoms with Gasteiger partial charge in [-0.05, 0) is 74.7 Å². The summed E-state index contributed by atoms with van der Waals surface area (Å²) in [7, 11) is 0. The first kappa shape index (κ1) is 30.0. The molecular formula is C36H44O8. The van der Waals surface area contributed by atoms with Gasteiger partial charge in [-0.2, -0.15) is 0 Å². The Labute approximate surface area is 258 Å². The van der Waals surface area contributed by atoms with Crippen LogP contribution in [0.1, 0.15) is 87.6 Å². The number of rotatable bonds is 5. The van der Waals surface area contributed by atoms with Crippen LogP contribution in [0.2, 0.25) is 0 Å². The van der Waals surface area contributed by atoms with Gasteiger partial charge in [0.25, 0.3) is 0 Å². The second kappa shape index (κ2) is 9.91. The second-order valence-corrected chi connectivity index (χ2v) is 15.4. The van der Waals surface area contributed by atoms with E-state index in [4.69, 9.17) is 9.47 Å². The van der Waals surface area contributed by atoms with Gasteiger partial charge in [-0.15, -0.1) is 0 Å². The van der Waals surface area contributed by atoms with Crippen molar-refractivity contribution in [2.75, 3.05) is 6.61 Å². The van der Waals surface area contributed by atoms with Crippen molar-refractivity contribution < 1.29 is 38.9 Å². The van der Waals surface area contributed by atoms with E-state index in [2.05, 4.69) is 6.58 Å². The van der Waals surface area contributed by atoms with E-state index in [1.54, 1.807) is 0 Å². The zero-order valence-electron chi connectivity index (χ0n) is 26.0. The third-order valence-electron chi connectivity index (χ3n) is 12.9. The Morgan fingerprint density at radius 2 is 1.73 bits per heavy atom. The van der Waals surface area contributed by atoms with Crippen molar-refractivity contribution in [1.82, 2.24) is 0 Å². The molecule has 2 N–H and O–H groups in total. The van der Waals surface area contributed by atoms with Gasteiger partial charge in [-0.25, -0.2) is 0 Å². The summed E-state index contributed by atoms with van der Waals surface area (Å²) in [6, 6.07) is 7.59. The summed E-state index contributed by atoms with van der Waals surface area (Å²) in [5.41, 5.74) is -1.31. The molecule has 8 rings (SSSR count). The van der Waals surface area contributed by atoms with E-state index in [0.29, 0.717) is 63.4 Å². The highest BCUT2D eigenvalue weighted by atomic mass is 16.6. The quantitative estimate of drug-likeness (QED) is 0.285. The van der Waals surface area contributed by atoms with Crippen LogP contribution in [-0.2, 0) is 23.9 Å². The molecule has 0 unspecified atom stereocenters. The number of carbonyl (C=O) groups is 4. The van der Waals surface area contributed by atoms with Gasteiger partial charge >= 0.3 is 5.97 Å². The Kier molecular flexibility index (Phi) is 6.76. The normalized spacial score (nSPS) is 43.8. The average molecular weight is 605 g/mol. The maximum atomic E-state index is 14.3. The molecule has 7 aliphatic rings. The van der Waals surface area contributed by atoms with Crippen LogP contribution in [0.25, 0.3) is 0 Å². The number of aliphatic hydroxyl groups is 2. The number of benzene rings is 1. The highest BCUT2D eigenvalue weighted by molar-refractivity contribution is 6.06. The fourth-order valence-electron chi connectivity index (χ4n) is 10.7. The van der Waals surface area contributed by atoms with Crippen molar-refractivity contribution in [3.05, 3.63) is 47.5 Å². The smallest absolute Gasteiger partial charge is 0.309 e. The largest absolute Gasteiger partial charge is 0.460 e. The topological polar surface area (TPSA) is 127 Å².